The maximum atomic E-state index is 13.0. The number of hydrogen-bond acceptors (Lipinski definition) is 2. The van der Waals surface area contributed by atoms with Crippen LogP contribution in [0.2, 0.25) is 0 Å². The number of hydrogen-bond donors (Lipinski definition) is 2. The maximum absolute atomic E-state index is 13.0. The van der Waals surface area contributed by atoms with Crippen molar-refractivity contribution in [3.05, 3.63) is 53.6 Å². The number of halogens is 3. The third kappa shape index (κ3) is 3.66. The number of nitrogens with one attached hydrogen (secondary N) is 1. The molecule has 5 heteroatoms. The third-order valence-corrected chi connectivity index (χ3v) is 4.95. The van der Waals surface area contributed by atoms with Gasteiger partial charge in [0.1, 0.15) is 0 Å². The zero-order valence-electron chi connectivity index (χ0n) is 13.4. The molecule has 0 amide bonds. The van der Waals surface area contributed by atoms with E-state index < -0.39 is 11.7 Å². The molecule has 0 fully saturated rings. The lowest BCUT2D eigenvalue weighted by Gasteiger charge is -2.39. The molecular weight excluding hydrogens is 315 g/mol. The van der Waals surface area contributed by atoms with Crippen molar-refractivity contribution in [2.45, 2.75) is 37.9 Å². The van der Waals surface area contributed by atoms with E-state index in [0.717, 1.165) is 30.2 Å². The lowest BCUT2D eigenvalue weighted by molar-refractivity contribution is -0.137. The van der Waals surface area contributed by atoms with E-state index >= 15 is 0 Å². The van der Waals surface area contributed by atoms with Crippen molar-refractivity contribution in [2.24, 2.45) is 11.8 Å². The van der Waals surface area contributed by atoms with Crippen molar-refractivity contribution in [3.8, 4) is 0 Å². The average molecular weight is 337 g/mol. The van der Waals surface area contributed by atoms with Gasteiger partial charge in [0.15, 0.2) is 0 Å². The van der Waals surface area contributed by atoms with Gasteiger partial charge in [0.2, 0.25) is 0 Å². The lowest BCUT2D eigenvalue weighted by Crippen LogP contribution is -2.40. The van der Waals surface area contributed by atoms with Crippen LogP contribution in [0.4, 0.5) is 18.9 Å². The number of aliphatic hydroxyl groups excluding tert-OH is 1. The summed E-state index contributed by atoms with van der Waals surface area (Å²) >= 11 is 0. The number of benzene rings is 1. The molecule has 24 heavy (non-hydrogen) atoms. The summed E-state index contributed by atoms with van der Waals surface area (Å²) in [6.45, 7) is 0.110. The van der Waals surface area contributed by atoms with E-state index in [4.69, 9.17) is 5.11 Å². The monoisotopic (exact) mass is 337 g/mol. The van der Waals surface area contributed by atoms with Crippen molar-refractivity contribution in [1.82, 2.24) is 0 Å². The molecule has 1 aliphatic heterocycles. The van der Waals surface area contributed by atoms with Crippen molar-refractivity contribution >= 4 is 5.69 Å². The van der Waals surface area contributed by atoms with Gasteiger partial charge >= 0.3 is 6.18 Å². The van der Waals surface area contributed by atoms with Crippen LogP contribution in [-0.4, -0.2) is 17.8 Å². The Morgan fingerprint density at radius 3 is 2.71 bits per heavy atom. The number of anilines is 1. The van der Waals surface area contributed by atoms with Gasteiger partial charge in [-0.25, -0.2) is 0 Å². The highest BCUT2D eigenvalue weighted by atomic mass is 19.4. The molecule has 2 N–H and O–H groups in total. The Bertz CT molecular complexity index is 636. The standard InChI is InChI=1S/C19H22F3NO/c20-19(21,22)16-8-9-17-15(12-16)11-14(7-4-10-24)18(23-17)13-5-2-1-3-6-13/h1-3,5,8-9,12-14,18,23-24H,4,6-7,10-11H2/t13?,14-,18-/m0/s1. The fraction of sp³-hybridized carbons (Fsp3) is 0.474. The molecule has 1 aromatic rings. The molecule has 1 aromatic carbocycles. The molecular formula is C19H22F3NO. The molecule has 3 rings (SSSR count). The van der Waals surface area contributed by atoms with Crippen LogP contribution in [0.25, 0.3) is 0 Å². The minimum Gasteiger partial charge on any atom is -0.396 e. The van der Waals surface area contributed by atoms with Crippen LogP contribution in [0.15, 0.2) is 42.5 Å². The highest BCUT2D eigenvalue weighted by Crippen LogP contribution is 2.39. The van der Waals surface area contributed by atoms with Gasteiger partial charge in [0.05, 0.1) is 5.56 Å². The largest absolute Gasteiger partial charge is 0.416 e. The number of aliphatic hydroxyl groups is 1. The molecule has 3 atom stereocenters. The average Bonchev–Trinajstić information content (AvgIpc) is 2.58. The molecule has 1 aliphatic carbocycles. The molecule has 2 nitrogen and oxygen atoms in total. The molecule has 0 spiro atoms. The SMILES string of the molecule is OCCC[C@H]1Cc2cc(C(F)(F)F)ccc2N[C@H]1C1C=CC=CC1. The summed E-state index contributed by atoms with van der Waals surface area (Å²) in [5, 5.41) is 12.6. The van der Waals surface area contributed by atoms with E-state index in [1.54, 1.807) is 6.07 Å². The van der Waals surface area contributed by atoms with Gasteiger partial charge in [-0.2, -0.15) is 13.2 Å². The van der Waals surface area contributed by atoms with E-state index in [0.29, 0.717) is 18.8 Å². The predicted molar refractivity (Wildman–Crippen MR) is 88.8 cm³/mol. The Morgan fingerprint density at radius 1 is 1.21 bits per heavy atom. The number of fused-ring (bicyclic) bond motifs is 1. The van der Waals surface area contributed by atoms with Crippen LogP contribution in [0, 0.1) is 11.8 Å². The zero-order valence-corrected chi connectivity index (χ0v) is 13.4. The summed E-state index contributed by atoms with van der Waals surface area (Å²) in [5.41, 5.74) is 0.929. The van der Waals surface area contributed by atoms with Crippen LogP contribution >= 0.6 is 0 Å². The minimum absolute atomic E-state index is 0.110. The fourth-order valence-corrected chi connectivity index (χ4v) is 3.74. The molecule has 0 radical (unpaired) electrons. The molecule has 130 valence electrons. The number of allylic oxidation sites excluding steroid dienone is 3. The van der Waals surface area contributed by atoms with E-state index in [1.807, 2.05) is 12.2 Å². The van der Waals surface area contributed by atoms with Gasteiger partial charge in [-0.05, 0) is 55.4 Å². The van der Waals surface area contributed by atoms with Crippen molar-refractivity contribution < 1.29 is 18.3 Å². The smallest absolute Gasteiger partial charge is 0.396 e. The molecule has 1 heterocycles. The Balaban J connectivity index is 1.87. The van der Waals surface area contributed by atoms with E-state index in [-0.39, 0.29) is 18.6 Å². The fourth-order valence-electron chi connectivity index (χ4n) is 3.74. The molecule has 0 saturated heterocycles. The van der Waals surface area contributed by atoms with Gasteiger partial charge in [-0.3, -0.25) is 0 Å². The first-order valence-corrected chi connectivity index (χ1v) is 8.40. The Labute approximate surface area is 140 Å². The van der Waals surface area contributed by atoms with Gasteiger partial charge < -0.3 is 10.4 Å². The van der Waals surface area contributed by atoms with Crippen LogP contribution in [0.1, 0.15) is 30.4 Å². The van der Waals surface area contributed by atoms with Crippen molar-refractivity contribution in [3.63, 3.8) is 0 Å². The number of alkyl halides is 3. The molecule has 2 aliphatic rings. The summed E-state index contributed by atoms with van der Waals surface area (Å²) < 4.78 is 38.9. The normalized spacial score (nSPS) is 26.1. The van der Waals surface area contributed by atoms with Crippen LogP contribution in [0.3, 0.4) is 0 Å². The van der Waals surface area contributed by atoms with Gasteiger partial charge in [0, 0.05) is 24.3 Å². The highest BCUT2D eigenvalue weighted by molar-refractivity contribution is 5.56. The van der Waals surface area contributed by atoms with Crippen LogP contribution in [-0.2, 0) is 12.6 Å². The third-order valence-electron chi connectivity index (χ3n) is 4.95. The number of rotatable bonds is 4. The van der Waals surface area contributed by atoms with E-state index in [2.05, 4.69) is 17.5 Å². The summed E-state index contributed by atoms with van der Waals surface area (Å²) in [6, 6.07) is 4.15. The Hall–Kier alpha value is -1.75. The van der Waals surface area contributed by atoms with Crippen LogP contribution in [0.5, 0.6) is 0 Å². The summed E-state index contributed by atoms with van der Waals surface area (Å²) in [5.74, 6) is 0.545. The van der Waals surface area contributed by atoms with Crippen molar-refractivity contribution in [2.75, 3.05) is 11.9 Å². The zero-order chi connectivity index (χ0) is 17.2. The first kappa shape index (κ1) is 17.1. The molecule has 0 saturated carbocycles. The van der Waals surface area contributed by atoms with Gasteiger partial charge in [-0.15, -0.1) is 0 Å². The first-order chi connectivity index (χ1) is 11.5. The summed E-state index contributed by atoms with van der Waals surface area (Å²) in [7, 11) is 0. The highest BCUT2D eigenvalue weighted by Gasteiger charge is 2.35. The van der Waals surface area contributed by atoms with Gasteiger partial charge in [-0.1, -0.05) is 24.3 Å². The predicted octanol–water partition coefficient (Wildman–Crippen LogP) is 4.56. The Morgan fingerprint density at radius 2 is 2.04 bits per heavy atom. The lowest BCUT2D eigenvalue weighted by atomic mass is 9.76. The second-order valence-corrected chi connectivity index (χ2v) is 6.58. The molecule has 0 aromatic heterocycles. The van der Waals surface area contributed by atoms with Crippen molar-refractivity contribution in [1.29, 1.82) is 0 Å². The van der Waals surface area contributed by atoms with Gasteiger partial charge in [0.25, 0.3) is 0 Å². The summed E-state index contributed by atoms with van der Waals surface area (Å²) in [4.78, 5) is 0. The summed E-state index contributed by atoms with van der Waals surface area (Å²) in [6.07, 6.45) is 7.04. The first-order valence-electron chi connectivity index (χ1n) is 8.40. The topological polar surface area (TPSA) is 32.3 Å². The molecule has 1 unspecified atom stereocenters. The Kier molecular flexibility index (Phi) is 4.99. The molecule has 0 bridgehead atoms. The minimum atomic E-state index is -4.32. The van der Waals surface area contributed by atoms with E-state index in [9.17, 15) is 13.2 Å². The quantitative estimate of drug-likeness (QED) is 0.844. The second-order valence-electron chi connectivity index (χ2n) is 6.58. The van der Waals surface area contributed by atoms with Crippen LogP contribution < -0.4 is 5.32 Å². The maximum Gasteiger partial charge on any atom is 0.416 e. The van der Waals surface area contributed by atoms with E-state index in [1.165, 1.54) is 6.07 Å². The second kappa shape index (κ2) is 7.01.